The quantitative estimate of drug-likeness (QED) is 0.512. The molecule has 1 aromatic heterocycles. The van der Waals surface area contributed by atoms with Gasteiger partial charge in [-0.05, 0) is 23.7 Å². The van der Waals surface area contributed by atoms with Gasteiger partial charge in [-0.15, -0.1) is 11.6 Å². The van der Waals surface area contributed by atoms with Crippen LogP contribution in [0.25, 0.3) is 11.0 Å². The second kappa shape index (κ2) is 8.01. The van der Waals surface area contributed by atoms with Crippen molar-refractivity contribution in [1.29, 1.82) is 0 Å². The summed E-state index contributed by atoms with van der Waals surface area (Å²) in [6, 6.07) is 3.13. The third-order valence-corrected chi connectivity index (χ3v) is 5.28. The molecular weight excluding hydrogens is 442 g/mol. The molecule has 11 heteroatoms. The van der Waals surface area contributed by atoms with Gasteiger partial charge in [0.1, 0.15) is 6.10 Å². The Bertz CT molecular complexity index is 903. The topological polar surface area (TPSA) is 79.7 Å². The van der Waals surface area contributed by atoms with Crippen molar-refractivity contribution in [3.05, 3.63) is 27.5 Å². The Balaban J connectivity index is 2.12. The summed E-state index contributed by atoms with van der Waals surface area (Å²) in [7, 11) is 0. The number of hydrogen-bond donors (Lipinski definition) is 0. The Labute approximate surface area is 174 Å². The summed E-state index contributed by atoms with van der Waals surface area (Å²) in [5.41, 5.74) is 0.978. The van der Waals surface area contributed by atoms with Crippen molar-refractivity contribution in [2.45, 2.75) is 38.4 Å². The molecule has 0 saturated carbocycles. The maximum absolute atomic E-state index is 11.6. The lowest BCUT2D eigenvalue weighted by molar-refractivity contribution is -0.165. The number of rotatable bonds is 4. The van der Waals surface area contributed by atoms with Crippen molar-refractivity contribution in [2.75, 3.05) is 5.88 Å². The number of hydrogen-bond acceptors (Lipinski definition) is 6. The number of alkyl halides is 1. The highest BCUT2D eigenvalue weighted by molar-refractivity contribution is 6.42. The Kier molecular flexibility index (Phi) is 6.08. The first-order valence-corrected chi connectivity index (χ1v) is 9.48. The summed E-state index contributed by atoms with van der Waals surface area (Å²) in [4.78, 5) is 27.4. The molecule has 7 nitrogen and oxygen atoms in total. The Morgan fingerprint density at radius 3 is 2.30 bits per heavy atom. The average Bonchev–Trinajstić information content (AvgIpc) is 3.04. The average molecular weight is 456 g/mol. The van der Waals surface area contributed by atoms with Crippen LogP contribution in [-0.4, -0.2) is 45.7 Å². The molecule has 0 spiro atoms. The number of benzene rings is 1. The summed E-state index contributed by atoms with van der Waals surface area (Å²) in [6.45, 7) is 2.48. The molecule has 0 radical (unpaired) electrons. The van der Waals surface area contributed by atoms with E-state index in [0.29, 0.717) is 16.1 Å². The van der Waals surface area contributed by atoms with Crippen LogP contribution in [0.15, 0.2) is 12.1 Å². The molecular formula is C16H14Cl4N2O5. The predicted octanol–water partition coefficient (Wildman–Crippen LogP) is 4.00. The molecule has 1 fully saturated rings. The van der Waals surface area contributed by atoms with E-state index in [0.717, 1.165) is 0 Å². The number of carbonyl (C=O) groups excluding carboxylic acids is 2. The smallest absolute Gasteiger partial charge is 0.303 e. The molecule has 146 valence electrons. The van der Waals surface area contributed by atoms with Crippen LogP contribution in [-0.2, 0) is 23.8 Å². The van der Waals surface area contributed by atoms with Crippen LogP contribution in [0.1, 0.15) is 20.1 Å². The number of nitrogens with zero attached hydrogens (tertiary/aromatic N) is 2. The van der Waals surface area contributed by atoms with E-state index in [2.05, 4.69) is 4.98 Å². The summed E-state index contributed by atoms with van der Waals surface area (Å²) in [6.07, 6.45) is -3.55. The largest absolute Gasteiger partial charge is 0.456 e. The van der Waals surface area contributed by atoms with Gasteiger partial charge in [0.2, 0.25) is 5.28 Å². The van der Waals surface area contributed by atoms with Crippen LogP contribution in [0.2, 0.25) is 15.3 Å². The Morgan fingerprint density at radius 1 is 1.11 bits per heavy atom. The van der Waals surface area contributed by atoms with Crippen molar-refractivity contribution in [3.63, 3.8) is 0 Å². The van der Waals surface area contributed by atoms with Crippen molar-refractivity contribution in [2.24, 2.45) is 0 Å². The van der Waals surface area contributed by atoms with Crippen LogP contribution in [0, 0.1) is 0 Å². The fourth-order valence-corrected chi connectivity index (χ4v) is 3.84. The summed E-state index contributed by atoms with van der Waals surface area (Å²) < 4.78 is 18.1. The monoisotopic (exact) mass is 454 g/mol. The standard InChI is InChI=1S/C16H14Cl4N2O5/c1-6(23)25-13-12(5-17)27-15(14(13)26-7(2)24)22-11-4-9(19)8(18)3-10(11)21-16(22)20/h3-4,12-15H,5H2,1-2H3. The van der Waals surface area contributed by atoms with Crippen molar-refractivity contribution < 1.29 is 23.8 Å². The molecule has 0 N–H and O–H groups in total. The van der Waals surface area contributed by atoms with Crippen molar-refractivity contribution in [1.82, 2.24) is 9.55 Å². The van der Waals surface area contributed by atoms with Crippen LogP contribution < -0.4 is 0 Å². The molecule has 1 aliphatic rings. The van der Waals surface area contributed by atoms with Gasteiger partial charge in [-0.25, -0.2) is 4.98 Å². The molecule has 2 aromatic rings. The van der Waals surface area contributed by atoms with E-state index in [1.54, 1.807) is 12.1 Å². The highest BCUT2D eigenvalue weighted by Gasteiger charge is 2.50. The summed E-state index contributed by atoms with van der Waals surface area (Å²) >= 11 is 24.4. The van der Waals surface area contributed by atoms with Gasteiger partial charge in [0.15, 0.2) is 18.4 Å². The number of fused-ring (bicyclic) bond motifs is 1. The van der Waals surface area contributed by atoms with E-state index in [1.165, 1.54) is 18.4 Å². The number of esters is 2. The lowest BCUT2D eigenvalue weighted by Crippen LogP contribution is -2.39. The van der Waals surface area contributed by atoms with Gasteiger partial charge < -0.3 is 14.2 Å². The fraction of sp³-hybridized carbons (Fsp3) is 0.438. The highest BCUT2D eigenvalue weighted by Crippen LogP contribution is 2.39. The van der Waals surface area contributed by atoms with E-state index in [1.807, 2.05) is 0 Å². The van der Waals surface area contributed by atoms with Crippen molar-refractivity contribution >= 4 is 69.4 Å². The number of halogens is 4. The third kappa shape index (κ3) is 3.98. The van der Waals surface area contributed by atoms with E-state index in [-0.39, 0.29) is 16.2 Å². The Hall–Kier alpha value is -1.25. The molecule has 1 saturated heterocycles. The number of imidazole rings is 1. The molecule has 4 unspecified atom stereocenters. The van der Waals surface area contributed by atoms with Crippen molar-refractivity contribution in [3.8, 4) is 0 Å². The zero-order valence-corrected chi connectivity index (χ0v) is 17.1. The van der Waals surface area contributed by atoms with Gasteiger partial charge in [-0.2, -0.15) is 0 Å². The minimum atomic E-state index is -0.987. The van der Waals surface area contributed by atoms with Gasteiger partial charge in [-0.3, -0.25) is 14.2 Å². The van der Waals surface area contributed by atoms with Gasteiger partial charge in [0, 0.05) is 13.8 Å². The third-order valence-electron chi connectivity index (χ3n) is 3.98. The van der Waals surface area contributed by atoms with Gasteiger partial charge in [-0.1, -0.05) is 23.2 Å². The number of ether oxygens (including phenoxy) is 3. The second-order valence-electron chi connectivity index (χ2n) is 5.87. The van der Waals surface area contributed by atoms with Crippen LogP contribution in [0.4, 0.5) is 0 Å². The zero-order chi connectivity index (χ0) is 19.9. The lowest BCUT2D eigenvalue weighted by Gasteiger charge is -2.24. The highest BCUT2D eigenvalue weighted by atomic mass is 35.5. The molecule has 0 aliphatic carbocycles. The fourth-order valence-electron chi connectivity index (χ4n) is 2.99. The number of aromatic nitrogens is 2. The van der Waals surface area contributed by atoms with Crippen LogP contribution >= 0.6 is 46.4 Å². The van der Waals surface area contributed by atoms with E-state index < -0.39 is 36.5 Å². The van der Waals surface area contributed by atoms with Crippen LogP contribution in [0.3, 0.4) is 0 Å². The number of carbonyl (C=O) groups is 2. The zero-order valence-electron chi connectivity index (χ0n) is 14.1. The predicted molar refractivity (Wildman–Crippen MR) is 101 cm³/mol. The molecule has 1 aliphatic heterocycles. The normalized spacial score (nSPS) is 25.0. The molecule has 4 atom stereocenters. The molecule has 0 bridgehead atoms. The molecule has 0 amide bonds. The molecule has 27 heavy (non-hydrogen) atoms. The molecule has 2 heterocycles. The Morgan fingerprint density at radius 2 is 1.70 bits per heavy atom. The first-order valence-electron chi connectivity index (χ1n) is 7.81. The van der Waals surface area contributed by atoms with Gasteiger partial charge in [0.05, 0.1) is 27.0 Å². The summed E-state index contributed by atoms with van der Waals surface area (Å²) in [5, 5.41) is 0.655. The first-order chi connectivity index (χ1) is 12.7. The summed E-state index contributed by atoms with van der Waals surface area (Å²) in [5.74, 6) is -1.14. The maximum Gasteiger partial charge on any atom is 0.303 e. The second-order valence-corrected chi connectivity index (χ2v) is 7.33. The minimum absolute atomic E-state index is 0.00302. The van der Waals surface area contributed by atoms with E-state index in [9.17, 15) is 9.59 Å². The lowest BCUT2D eigenvalue weighted by atomic mass is 10.1. The van der Waals surface area contributed by atoms with Crippen LogP contribution in [0.5, 0.6) is 0 Å². The maximum atomic E-state index is 11.6. The minimum Gasteiger partial charge on any atom is -0.456 e. The SMILES string of the molecule is CC(=O)OC1C(CCl)OC(n2c(Cl)nc3cc(Cl)c(Cl)cc32)C1OC(C)=O. The first kappa shape index (κ1) is 20.5. The molecule has 1 aromatic carbocycles. The van der Waals surface area contributed by atoms with Gasteiger partial charge in [0.25, 0.3) is 0 Å². The molecule has 3 rings (SSSR count). The van der Waals surface area contributed by atoms with E-state index >= 15 is 0 Å². The van der Waals surface area contributed by atoms with Gasteiger partial charge >= 0.3 is 11.9 Å². The van der Waals surface area contributed by atoms with E-state index in [4.69, 9.17) is 60.6 Å².